The van der Waals surface area contributed by atoms with E-state index in [0.29, 0.717) is 12.1 Å². The Bertz CT molecular complexity index is 474. The second-order valence-electron chi connectivity index (χ2n) is 5.04. The van der Waals surface area contributed by atoms with Crippen molar-refractivity contribution in [3.8, 4) is 0 Å². The Kier molecular flexibility index (Phi) is 3.51. The summed E-state index contributed by atoms with van der Waals surface area (Å²) < 4.78 is 5.80. The van der Waals surface area contributed by atoms with Crippen LogP contribution in [0.15, 0.2) is 29.4 Å². The Morgan fingerprint density at radius 3 is 2.89 bits per heavy atom. The van der Waals surface area contributed by atoms with Crippen molar-refractivity contribution in [3.63, 3.8) is 0 Å². The molecule has 1 aromatic carbocycles. The van der Waals surface area contributed by atoms with Crippen LogP contribution in [-0.2, 0) is 4.74 Å². The maximum atomic E-state index is 5.91. The van der Waals surface area contributed by atoms with E-state index in [1.165, 1.54) is 19.3 Å². The molecule has 0 saturated carbocycles. The van der Waals surface area contributed by atoms with Gasteiger partial charge in [0.25, 0.3) is 0 Å². The van der Waals surface area contributed by atoms with Gasteiger partial charge in [0.1, 0.15) is 6.61 Å². The predicted octanol–water partition coefficient (Wildman–Crippen LogP) is 2.93. The number of amidine groups is 1. The lowest BCUT2D eigenvalue weighted by molar-refractivity contribution is 0.0662. The highest BCUT2D eigenvalue weighted by atomic mass is 35.5. The Morgan fingerprint density at radius 1 is 1.32 bits per heavy atom. The fourth-order valence-corrected chi connectivity index (χ4v) is 2.66. The first kappa shape index (κ1) is 12.6. The van der Waals surface area contributed by atoms with Gasteiger partial charge in [-0.3, -0.25) is 9.91 Å². The highest BCUT2D eigenvalue weighted by Crippen LogP contribution is 2.23. The van der Waals surface area contributed by atoms with E-state index in [1.807, 2.05) is 36.2 Å². The number of benzene rings is 1. The second kappa shape index (κ2) is 5.29. The van der Waals surface area contributed by atoms with E-state index in [4.69, 9.17) is 16.3 Å². The van der Waals surface area contributed by atoms with Gasteiger partial charge in [-0.15, -0.1) is 5.10 Å². The molecule has 1 atom stereocenters. The second-order valence-corrected chi connectivity index (χ2v) is 5.48. The molecule has 1 aromatic rings. The van der Waals surface area contributed by atoms with Crippen molar-refractivity contribution in [2.75, 3.05) is 25.1 Å². The van der Waals surface area contributed by atoms with Gasteiger partial charge in [0.2, 0.25) is 0 Å². The van der Waals surface area contributed by atoms with Gasteiger partial charge < -0.3 is 4.74 Å². The van der Waals surface area contributed by atoms with Crippen molar-refractivity contribution in [3.05, 3.63) is 29.3 Å². The van der Waals surface area contributed by atoms with Gasteiger partial charge in [0, 0.05) is 24.3 Å². The maximum absolute atomic E-state index is 5.91. The predicted molar refractivity (Wildman–Crippen MR) is 77.6 cm³/mol. The molecule has 0 radical (unpaired) electrons. The van der Waals surface area contributed by atoms with E-state index in [2.05, 4.69) is 10.1 Å². The number of anilines is 1. The average molecular weight is 280 g/mol. The van der Waals surface area contributed by atoms with Gasteiger partial charge in [-0.05, 0) is 43.5 Å². The zero-order chi connectivity index (χ0) is 13.2. The number of hydrogen-bond acceptors (Lipinski definition) is 4. The van der Waals surface area contributed by atoms with Crippen LogP contribution in [0.4, 0.5) is 5.69 Å². The SMILES string of the molecule is CN(C1=NN2CCCCC2CO1)c1ccc(Cl)cc1. The molecule has 2 aliphatic heterocycles. The first-order chi connectivity index (χ1) is 9.24. The summed E-state index contributed by atoms with van der Waals surface area (Å²) in [5.41, 5.74) is 1.03. The Morgan fingerprint density at radius 2 is 2.11 bits per heavy atom. The minimum atomic E-state index is 0.455. The molecule has 5 heteroatoms. The number of nitrogens with zero attached hydrogens (tertiary/aromatic N) is 3. The topological polar surface area (TPSA) is 28.1 Å². The summed E-state index contributed by atoms with van der Waals surface area (Å²) in [6.07, 6.45) is 3.68. The Balaban J connectivity index is 1.78. The Labute approximate surface area is 118 Å². The van der Waals surface area contributed by atoms with Crippen molar-refractivity contribution in [1.29, 1.82) is 0 Å². The first-order valence-corrected chi connectivity index (χ1v) is 7.09. The molecule has 2 heterocycles. The molecule has 19 heavy (non-hydrogen) atoms. The van der Waals surface area contributed by atoms with Crippen LogP contribution in [0, 0.1) is 0 Å². The summed E-state index contributed by atoms with van der Waals surface area (Å²) in [6.45, 7) is 1.77. The minimum absolute atomic E-state index is 0.455. The summed E-state index contributed by atoms with van der Waals surface area (Å²) in [5.74, 6) is 0. The molecular weight excluding hydrogens is 262 g/mol. The number of hydrazone groups is 1. The number of halogens is 1. The van der Waals surface area contributed by atoms with E-state index in [0.717, 1.165) is 23.9 Å². The van der Waals surface area contributed by atoms with Crippen molar-refractivity contribution >= 4 is 23.3 Å². The third-order valence-corrected chi connectivity index (χ3v) is 3.97. The van der Waals surface area contributed by atoms with Crippen LogP contribution < -0.4 is 4.90 Å². The summed E-state index contributed by atoms with van der Waals surface area (Å²) >= 11 is 5.91. The molecule has 0 spiro atoms. The van der Waals surface area contributed by atoms with Crippen LogP contribution in [-0.4, -0.2) is 37.3 Å². The van der Waals surface area contributed by atoms with Gasteiger partial charge in [0.15, 0.2) is 0 Å². The van der Waals surface area contributed by atoms with E-state index in [1.54, 1.807) is 0 Å². The lowest BCUT2D eigenvalue weighted by Gasteiger charge is -2.38. The molecule has 4 nitrogen and oxygen atoms in total. The van der Waals surface area contributed by atoms with E-state index in [-0.39, 0.29) is 0 Å². The summed E-state index contributed by atoms with van der Waals surface area (Å²) in [5, 5.41) is 7.53. The first-order valence-electron chi connectivity index (χ1n) is 6.71. The maximum Gasteiger partial charge on any atom is 0.313 e. The molecule has 0 aromatic heterocycles. The molecule has 102 valence electrons. The van der Waals surface area contributed by atoms with Gasteiger partial charge in [-0.1, -0.05) is 11.6 Å². The number of hydrogen-bond donors (Lipinski definition) is 0. The van der Waals surface area contributed by atoms with Crippen LogP contribution in [0.3, 0.4) is 0 Å². The van der Waals surface area contributed by atoms with Gasteiger partial charge >= 0.3 is 6.02 Å². The fraction of sp³-hybridized carbons (Fsp3) is 0.500. The molecular formula is C14H18ClN3O. The van der Waals surface area contributed by atoms with E-state index >= 15 is 0 Å². The fourth-order valence-electron chi connectivity index (χ4n) is 2.53. The third-order valence-electron chi connectivity index (χ3n) is 3.72. The third kappa shape index (κ3) is 2.63. The van der Waals surface area contributed by atoms with Crippen LogP contribution in [0.25, 0.3) is 0 Å². The number of fused-ring (bicyclic) bond motifs is 1. The molecule has 1 fully saturated rings. The largest absolute Gasteiger partial charge is 0.461 e. The zero-order valence-electron chi connectivity index (χ0n) is 11.1. The lowest BCUT2D eigenvalue weighted by atomic mass is 10.0. The molecule has 1 saturated heterocycles. The smallest absolute Gasteiger partial charge is 0.313 e. The molecule has 0 aliphatic carbocycles. The summed E-state index contributed by atoms with van der Waals surface area (Å²) in [4.78, 5) is 1.96. The zero-order valence-corrected chi connectivity index (χ0v) is 11.8. The van der Waals surface area contributed by atoms with Crippen LogP contribution in [0.5, 0.6) is 0 Å². The van der Waals surface area contributed by atoms with Crippen LogP contribution in [0.1, 0.15) is 19.3 Å². The summed E-state index contributed by atoms with van der Waals surface area (Å²) in [7, 11) is 1.96. The summed E-state index contributed by atoms with van der Waals surface area (Å²) in [6, 6.07) is 8.81. The molecule has 0 bridgehead atoms. The molecule has 0 N–H and O–H groups in total. The molecule has 0 amide bonds. The average Bonchev–Trinajstić information content (AvgIpc) is 2.47. The quantitative estimate of drug-likeness (QED) is 0.791. The molecule has 1 unspecified atom stereocenters. The van der Waals surface area contributed by atoms with E-state index < -0.39 is 0 Å². The standard InChI is InChI=1S/C14H18ClN3O/c1-17(12-7-5-11(15)6-8-12)14-16-18-9-3-2-4-13(18)10-19-14/h5-8,13H,2-4,9-10H2,1H3. The Hall–Kier alpha value is -1.42. The highest BCUT2D eigenvalue weighted by molar-refractivity contribution is 6.30. The van der Waals surface area contributed by atoms with Gasteiger partial charge in [0.05, 0.1) is 6.04 Å². The molecule has 3 rings (SSSR count). The minimum Gasteiger partial charge on any atom is -0.461 e. The van der Waals surface area contributed by atoms with Gasteiger partial charge in [-0.2, -0.15) is 0 Å². The number of ether oxygens (including phenoxy) is 1. The van der Waals surface area contributed by atoms with Crippen LogP contribution >= 0.6 is 11.6 Å². The van der Waals surface area contributed by atoms with Crippen molar-refractivity contribution < 1.29 is 4.74 Å². The van der Waals surface area contributed by atoms with Crippen LogP contribution in [0.2, 0.25) is 5.02 Å². The highest BCUT2D eigenvalue weighted by Gasteiger charge is 2.28. The van der Waals surface area contributed by atoms with Gasteiger partial charge in [-0.25, -0.2) is 0 Å². The normalized spacial score (nSPS) is 22.3. The lowest BCUT2D eigenvalue weighted by Crippen LogP contribution is -2.47. The van der Waals surface area contributed by atoms with Crippen molar-refractivity contribution in [2.24, 2.45) is 5.10 Å². The number of rotatable bonds is 1. The van der Waals surface area contributed by atoms with Crippen molar-refractivity contribution in [1.82, 2.24) is 5.01 Å². The molecule has 2 aliphatic rings. The monoisotopic (exact) mass is 279 g/mol. The van der Waals surface area contributed by atoms with Crippen molar-refractivity contribution in [2.45, 2.75) is 25.3 Å². The number of piperidine rings is 1. The van der Waals surface area contributed by atoms with E-state index in [9.17, 15) is 0 Å².